The lowest BCUT2D eigenvalue weighted by Crippen LogP contribution is -2.32. The molecule has 2 amide bonds. The third kappa shape index (κ3) is 6.42. The van der Waals surface area contributed by atoms with Crippen molar-refractivity contribution in [1.82, 2.24) is 5.43 Å². The molecule has 0 aromatic heterocycles. The molecule has 9 nitrogen and oxygen atoms in total. The zero-order chi connectivity index (χ0) is 24.5. The molecule has 0 saturated heterocycles. The summed E-state index contributed by atoms with van der Waals surface area (Å²) >= 11 is 3.34. The zero-order valence-electron chi connectivity index (χ0n) is 18.2. The number of hydrazone groups is 1. The summed E-state index contributed by atoms with van der Waals surface area (Å²) in [5.41, 5.74) is 3.20. The summed E-state index contributed by atoms with van der Waals surface area (Å²) < 4.78 is 16.4. The van der Waals surface area contributed by atoms with Crippen molar-refractivity contribution in [2.24, 2.45) is 5.10 Å². The van der Waals surface area contributed by atoms with Crippen molar-refractivity contribution in [3.05, 3.63) is 82.3 Å². The van der Waals surface area contributed by atoms with Gasteiger partial charge < -0.3 is 19.5 Å². The van der Waals surface area contributed by atoms with Crippen LogP contribution in [0.25, 0.3) is 0 Å². The number of amides is 2. The minimum absolute atomic E-state index is 0.209. The second-order valence-electron chi connectivity index (χ2n) is 6.65. The number of methoxy groups -OCH3 is 2. The van der Waals surface area contributed by atoms with E-state index < -0.39 is 17.8 Å². The molecule has 0 unspecified atom stereocenters. The summed E-state index contributed by atoms with van der Waals surface area (Å²) in [6.45, 7) is 0. The first-order valence-electron chi connectivity index (χ1n) is 9.84. The largest absolute Gasteiger partial charge is 0.497 e. The third-order valence-corrected chi connectivity index (χ3v) is 4.92. The third-order valence-electron chi connectivity index (χ3n) is 4.43. The zero-order valence-corrected chi connectivity index (χ0v) is 19.8. The van der Waals surface area contributed by atoms with Gasteiger partial charge in [-0.25, -0.2) is 10.2 Å². The summed E-state index contributed by atoms with van der Waals surface area (Å²) in [6, 6.07) is 18.0. The van der Waals surface area contributed by atoms with Gasteiger partial charge >= 0.3 is 17.8 Å². The summed E-state index contributed by atoms with van der Waals surface area (Å²) in [6.07, 6.45) is 1.26. The van der Waals surface area contributed by atoms with E-state index >= 15 is 0 Å². The van der Waals surface area contributed by atoms with Gasteiger partial charge in [0.15, 0.2) is 0 Å². The van der Waals surface area contributed by atoms with Crippen LogP contribution < -0.4 is 25.0 Å². The fraction of sp³-hybridized carbons (Fsp3) is 0.0833. The fourth-order valence-electron chi connectivity index (χ4n) is 2.74. The number of halogens is 1. The van der Waals surface area contributed by atoms with Crippen LogP contribution in [0.15, 0.2) is 76.3 Å². The van der Waals surface area contributed by atoms with Gasteiger partial charge in [0.1, 0.15) is 17.2 Å². The molecule has 0 radical (unpaired) electrons. The number of hydrogen-bond donors (Lipinski definition) is 2. The highest BCUT2D eigenvalue weighted by molar-refractivity contribution is 9.10. The van der Waals surface area contributed by atoms with Crippen LogP contribution in [0.2, 0.25) is 0 Å². The molecule has 0 atom stereocenters. The Balaban J connectivity index is 1.67. The molecule has 3 aromatic rings. The number of para-hydroxylation sites is 2. The topological polar surface area (TPSA) is 115 Å². The summed E-state index contributed by atoms with van der Waals surface area (Å²) in [5.74, 6) is -1.28. The molecule has 0 spiro atoms. The Morgan fingerprint density at radius 2 is 1.62 bits per heavy atom. The number of rotatable bonds is 7. The van der Waals surface area contributed by atoms with Crippen LogP contribution in [0, 0.1) is 0 Å². The standard InChI is InChI=1S/C24H20BrN3O6/c1-32-18-10-7-15(8-11-18)24(31)34-20-12-9-17(25)13-16(20)14-26-28-23(30)22(29)27-19-5-3-4-6-21(19)33-2/h3-14H,1-2H3,(H,27,29)(H,28,30)/b26-14+. The van der Waals surface area contributed by atoms with Gasteiger partial charge in [0.05, 0.1) is 31.7 Å². The van der Waals surface area contributed by atoms with Gasteiger partial charge in [-0.2, -0.15) is 5.10 Å². The van der Waals surface area contributed by atoms with Gasteiger partial charge in [-0.15, -0.1) is 0 Å². The van der Waals surface area contributed by atoms with Gasteiger partial charge in [0.2, 0.25) is 0 Å². The lowest BCUT2D eigenvalue weighted by molar-refractivity contribution is -0.136. The van der Waals surface area contributed by atoms with E-state index in [0.29, 0.717) is 32.8 Å². The van der Waals surface area contributed by atoms with Gasteiger partial charge in [-0.1, -0.05) is 28.1 Å². The number of nitrogens with zero attached hydrogens (tertiary/aromatic N) is 1. The van der Waals surface area contributed by atoms with Crippen LogP contribution in [-0.2, 0) is 9.59 Å². The van der Waals surface area contributed by atoms with Crippen molar-refractivity contribution in [2.75, 3.05) is 19.5 Å². The van der Waals surface area contributed by atoms with E-state index in [4.69, 9.17) is 14.2 Å². The molecule has 0 fully saturated rings. The summed E-state index contributed by atoms with van der Waals surface area (Å²) in [7, 11) is 2.98. The van der Waals surface area contributed by atoms with E-state index in [1.54, 1.807) is 66.7 Å². The minimum Gasteiger partial charge on any atom is -0.497 e. The molecular formula is C24H20BrN3O6. The summed E-state index contributed by atoms with van der Waals surface area (Å²) in [4.78, 5) is 36.8. The molecule has 2 N–H and O–H groups in total. The number of carbonyl (C=O) groups is 3. The van der Waals surface area contributed by atoms with E-state index in [2.05, 4.69) is 31.8 Å². The van der Waals surface area contributed by atoms with E-state index in [0.717, 1.165) is 0 Å². The highest BCUT2D eigenvalue weighted by Gasteiger charge is 2.16. The van der Waals surface area contributed by atoms with Gasteiger partial charge in [0.25, 0.3) is 0 Å². The van der Waals surface area contributed by atoms with E-state index in [-0.39, 0.29) is 5.75 Å². The molecule has 174 valence electrons. The maximum atomic E-state index is 12.5. The number of benzene rings is 3. The molecule has 0 aliphatic heterocycles. The number of esters is 1. The van der Waals surface area contributed by atoms with Gasteiger partial charge in [-0.05, 0) is 54.6 Å². The Bertz CT molecular complexity index is 1230. The Hall–Kier alpha value is -4.18. The molecule has 3 rings (SSSR count). The van der Waals surface area contributed by atoms with Crippen LogP contribution in [-0.4, -0.2) is 38.2 Å². The van der Waals surface area contributed by atoms with Gasteiger partial charge in [0, 0.05) is 10.0 Å². The Kier molecular flexibility index (Phi) is 8.36. The second-order valence-corrected chi connectivity index (χ2v) is 7.57. The van der Waals surface area contributed by atoms with Crippen molar-refractivity contribution in [1.29, 1.82) is 0 Å². The predicted molar refractivity (Wildman–Crippen MR) is 129 cm³/mol. The SMILES string of the molecule is COc1ccc(C(=O)Oc2ccc(Br)cc2/C=N/NC(=O)C(=O)Nc2ccccc2OC)cc1. The number of ether oxygens (including phenoxy) is 3. The Morgan fingerprint density at radius 1 is 0.882 bits per heavy atom. The monoisotopic (exact) mass is 525 g/mol. The van der Waals surface area contributed by atoms with E-state index in [1.165, 1.54) is 20.4 Å². The first kappa shape index (κ1) is 24.5. The minimum atomic E-state index is -0.992. The second kappa shape index (κ2) is 11.6. The average molecular weight is 526 g/mol. The Labute approximate surface area is 203 Å². The lowest BCUT2D eigenvalue weighted by Gasteiger charge is -2.09. The quantitative estimate of drug-likeness (QED) is 0.159. The van der Waals surface area contributed by atoms with Crippen LogP contribution in [0.3, 0.4) is 0 Å². The van der Waals surface area contributed by atoms with Crippen molar-refractivity contribution in [3.8, 4) is 17.2 Å². The first-order valence-corrected chi connectivity index (χ1v) is 10.6. The highest BCUT2D eigenvalue weighted by Crippen LogP contribution is 2.24. The molecular weight excluding hydrogens is 506 g/mol. The maximum absolute atomic E-state index is 12.5. The normalized spacial score (nSPS) is 10.4. The molecule has 0 heterocycles. The highest BCUT2D eigenvalue weighted by atomic mass is 79.9. The smallest absolute Gasteiger partial charge is 0.343 e. The molecule has 0 bridgehead atoms. The molecule has 0 aliphatic carbocycles. The van der Waals surface area contributed by atoms with Crippen molar-refractivity contribution >= 4 is 45.6 Å². The van der Waals surface area contributed by atoms with Crippen LogP contribution in [0.1, 0.15) is 15.9 Å². The lowest BCUT2D eigenvalue weighted by atomic mass is 10.2. The van der Waals surface area contributed by atoms with Crippen molar-refractivity contribution in [3.63, 3.8) is 0 Å². The van der Waals surface area contributed by atoms with Gasteiger partial charge in [-0.3, -0.25) is 9.59 Å². The fourth-order valence-corrected chi connectivity index (χ4v) is 3.12. The maximum Gasteiger partial charge on any atom is 0.343 e. The molecule has 0 saturated carbocycles. The summed E-state index contributed by atoms with van der Waals surface area (Å²) in [5, 5.41) is 6.25. The number of nitrogens with one attached hydrogen (secondary N) is 2. The van der Waals surface area contributed by atoms with Crippen molar-refractivity contribution in [2.45, 2.75) is 0 Å². The van der Waals surface area contributed by atoms with Crippen molar-refractivity contribution < 1.29 is 28.6 Å². The van der Waals surface area contributed by atoms with Crippen LogP contribution in [0.4, 0.5) is 5.69 Å². The number of anilines is 1. The molecule has 34 heavy (non-hydrogen) atoms. The molecule has 3 aromatic carbocycles. The Morgan fingerprint density at radius 3 is 2.32 bits per heavy atom. The van der Waals surface area contributed by atoms with E-state index in [9.17, 15) is 14.4 Å². The predicted octanol–water partition coefficient (Wildman–Crippen LogP) is 3.77. The number of hydrogen-bond acceptors (Lipinski definition) is 7. The van der Waals surface area contributed by atoms with Crippen LogP contribution in [0.5, 0.6) is 17.2 Å². The van der Waals surface area contributed by atoms with Crippen LogP contribution >= 0.6 is 15.9 Å². The van der Waals surface area contributed by atoms with E-state index in [1.807, 2.05) is 0 Å². The molecule has 0 aliphatic rings. The number of carbonyl (C=O) groups excluding carboxylic acids is 3. The first-order chi connectivity index (χ1) is 16.4. The average Bonchev–Trinajstić information content (AvgIpc) is 2.85. The molecule has 10 heteroatoms.